The fourth-order valence-corrected chi connectivity index (χ4v) is 8.32. The summed E-state index contributed by atoms with van der Waals surface area (Å²) in [5.74, 6) is 0. The van der Waals surface area contributed by atoms with E-state index in [0.29, 0.717) is 0 Å². The van der Waals surface area contributed by atoms with Crippen LogP contribution in [0.3, 0.4) is 0 Å². The number of rotatable bonds is 2. The Labute approximate surface area is 262 Å². The molecule has 0 saturated carbocycles. The van der Waals surface area contributed by atoms with Crippen LogP contribution in [0.1, 0.15) is 22.3 Å². The lowest BCUT2D eigenvalue weighted by molar-refractivity contribution is 0.800. The molecule has 1 heterocycles. The summed E-state index contributed by atoms with van der Waals surface area (Å²) in [4.78, 5) is 5.21. The van der Waals surface area contributed by atoms with Crippen LogP contribution in [0.2, 0.25) is 0 Å². The highest BCUT2D eigenvalue weighted by molar-refractivity contribution is 6.19. The Balaban J connectivity index is 1.43. The zero-order valence-electron chi connectivity index (χ0n) is 24.5. The van der Waals surface area contributed by atoms with Gasteiger partial charge < -0.3 is 0 Å². The molecule has 10 rings (SSSR count). The number of benzene rings is 7. The molecule has 1 aromatic heterocycles. The Hall–Kier alpha value is -5.79. The van der Waals surface area contributed by atoms with E-state index in [4.69, 9.17) is 4.98 Å². The fourth-order valence-electron chi connectivity index (χ4n) is 8.32. The van der Waals surface area contributed by atoms with Crippen LogP contribution in [-0.2, 0) is 5.41 Å². The summed E-state index contributed by atoms with van der Waals surface area (Å²) in [6.07, 6.45) is 1.96. The summed E-state index contributed by atoms with van der Waals surface area (Å²) in [5.41, 5.74) is 16.0. The van der Waals surface area contributed by atoms with E-state index in [2.05, 4.69) is 158 Å². The van der Waals surface area contributed by atoms with Crippen molar-refractivity contribution in [2.24, 2.45) is 0 Å². The summed E-state index contributed by atoms with van der Waals surface area (Å²) in [6, 6.07) is 58.0. The molecule has 0 fully saturated rings. The fraction of sp³-hybridized carbons (Fsp3) is 0.0227. The lowest BCUT2D eigenvalue weighted by atomic mass is 9.69. The van der Waals surface area contributed by atoms with Gasteiger partial charge in [-0.3, -0.25) is 4.98 Å². The van der Waals surface area contributed by atoms with Crippen LogP contribution in [-0.4, -0.2) is 4.98 Å². The number of nitrogens with zero attached hydrogens (tertiary/aromatic N) is 1. The minimum Gasteiger partial charge on any atom is -0.256 e. The van der Waals surface area contributed by atoms with Crippen molar-refractivity contribution in [3.63, 3.8) is 0 Å². The average molecular weight is 570 g/mol. The molecule has 45 heavy (non-hydrogen) atoms. The lowest BCUT2D eigenvalue weighted by Crippen LogP contribution is -2.26. The number of hydrogen-bond donors (Lipinski definition) is 0. The minimum absolute atomic E-state index is 0.525. The standard InChI is InChI=1S/C44H27N/c1-3-12-28(13-4-1)30-21-23-33-34-24-22-31(29-14-5-2-6-15-29)27-40(34)44(39(33)26-30)38-20-10-9-18-37(38)41-35-17-8-7-16-32(35)36-19-11-25-45-43(36)42(41)44/h1-27H. The molecule has 1 spiro atoms. The topological polar surface area (TPSA) is 12.9 Å². The Morgan fingerprint density at radius 3 is 1.60 bits per heavy atom. The normalized spacial score (nSPS) is 13.5. The maximum atomic E-state index is 5.21. The SMILES string of the molecule is c1ccc(-c2ccc3c(c2)C2(c4cc(-c5ccccc5)ccc4-3)c3ccccc3-c3c2c2ncccc2c2ccccc32)cc1. The van der Waals surface area contributed by atoms with Crippen LogP contribution in [0.4, 0.5) is 0 Å². The maximum Gasteiger partial charge on any atom is 0.0762 e. The molecular formula is C44H27N. The van der Waals surface area contributed by atoms with E-state index < -0.39 is 5.41 Å². The van der Waals surface area contributed by atoms with Crippen molar-refractivity contribution in [2.45, 2.75) is 5.41 Å². The first kappa shape index (κ1) is 24.6. The number of hydrogen-bond acceptors (Lipinski definition) is 1. The van der Waals surface area contributed by atoms with E-state index in [1.165, 1.54) is 82.9 Å². The first-order valence-corrected chi connectivity index (χ1v) is 15.6. The Morgan fingerprint density at radius 2 is 0.933 bits per heavy atom. The van der Waals surface area contributed by atoms with Crippen LogP contribution < -0.4 is 0 Å². The maximum absolute atomic E-state index is 5.21. The van der Waals surface area contributed by atoms with Gasteiger partial charge in [0.25, 0.3) is 0 Å². The van der Waals surface area contributed by atoms with Crippen LogP contribution in [0.5, 0.6) is 0 Å². The highest BCUT2D eigenvalue weighted by atomic mass is 14.7. The molecule has 0 saturated heterocycles. The third kappa shape index (κ3) is 3.20. The third-order valence-electron chi connectivity index (χ3n) is 10.1. The van der Waals surface area contributed by atoms with E-state index in [1.807, 2.05) is 6.20 Å². The zero-order valence-corrected chi connectivity index (χ0v) is 24.5. The molecule has 0 N–H and O–H groups in total. The van der Waals surface area contributed by atoms with Crippen molar-refractivity contribution in [2.75, 3.05) is 0 Å². The van der Waals surface area contributed by atoms with Gasteiger partial charge in [-0.25, -0.2) is 0 Å². The molecule has 0 amide bonds. The first-order valence-electron chi connectivity index (χ1n) is 15.6. The average Bonchev–Trinajstić information content (AvgIpc) is 3.59. The summed E-state index contributed by atoms with van der Waals surface area (Å²) in [7, 11) is 0. The Bertz CT molecular complexity index is 2380. The van der Waals surface area contributed by atoms with Gasteiger partial charge in [-0.1, -0.05) is 140 Å². The number of fused-ring (bicyclic) bond motifs is 15. The minimum atomic E-state index is -0.525. The van der Waals surface area contributed by atoms with E-state index in [9.17, 15) is 0 Å². The summed E-state index contributed by atoms with van der Waals surface area (Å²) < 4.78 is 0. The lowest BCUT2D eigenvalue weighted by Gasteiger charge is -2.32. The van der Waals surface area contributed by atoms with Crippen LogP contribution in [0.25, 0.3) is 66.2 Å². The molecule has 208 valence electrons. The Kier molecular flexibility index (Phi) is 4.99. The predicted molar refractivity (Wildman–Crippen MR) is 186 cm³/mol. The molecule has 8 aromatic rings. The van der Waals surface area contributed by atoms with Crippen molar-refractivity contribution in [1.29, 1.82) is 0 Å². The molecule has 0 atom stereocenters. The van der Waals surface area contributed by atoms with Gasteiger partial charge in [-0.05, 0) is 90.2 Å². The van der Waals surface area contributed by atoms with Crippen LogP contribution >= 0.6 is 0 Å². The largest absolute Gasteiger partial charge is 0.256 e. The zero-order chi connectivity index (χ0) is 29.5. The van der Waals surface area contributed by atoms with Crippen molar-refractivity contribution >= 4 is 21.7 Å². The van der Waals surface area contributed by atoms with Gasteiger partial charge in [-0.2, -0.15) is 0 Å². The molecule has 2 aliphatic carbocycles. The van der Waals surface area contributed by atoms with E-state index in [1.54, 1.807) is 0 Å². The smallest absolute Gasteiger partial charge is 0.0762 e. The molecule has 1 nitrogen and oxygen atoms in total. The van der Waals surface area contributed by atoms with Crippen molar-refractivity contribution in [3.8, 4) is 44.5 Å². The first-order chi connectivity index (χ1) is 22.3. The second-order valence-corrected chi connectivity index (χ2v) is 12.2. The van der Waals surface area contributed by atoms with Gasteiger partial charge in [0.2, 0.25) is 0 Å². The van der Waals surface area contributed by atoms with E-state index in [-0.39, 0.29) is 0 Å². The number of pyridine rings is 1. The molecule has 1 heteroatoms. The van der Waals surface area contributed by atoms with Gasteiger partial charge in [-0.15, -0.1) is 0 Å². The van der Waals surface area contributed by atoms with Gasteiger partial charge in [0.1, 0.15) is 0 Å². The highest BCUT2D eigenvalue weighted by Gasteiger charge is 2.53. The van der Waals surface area contributed by atoms with Crippen molar-refractivity contribution in [1.82, 2.24) is 4.98 Å². The third-order valence-corrected chi connectivity index (χ3v) is 10.1. The van der Waals surface area contributed by atoms with Crippen LogP contribution in [0.15, 0.2) is 164 Å². The quantitative estimate of drug-likeness (QED) is 0.189. The summed E-state index contributed by atoms with van der Waals surface area (Å²) in [5, 5.41) is 3.74. The van der Waals surface area contributed by atoms with Gasteiger partial charge >= 0.3 is 0 Å². The monoisotopic (exact) mass is 569 g/mol. The van der Waals surface area contributed by atoms with Crippen molar-refractivity contribution < 1.29 is 0 Å². The predicted octanol–water partition coefficient (Wildman–Crippen LogP) is 11.1. The van der Waals surface area contributed by atoms with Gasteiger partial charge in [0, 0.05) is 17.1 Å². The molecule has 0 bridgehead atoms. The molecule has 0 unspecified atom stereocenters. The van der Waals surface area contributed by atoms with Crippen LogP contribution in [0, 0.1) is 0 Å². The number of aromatic nitrogens is 1. The van der Waals surface area contributed by atoms with Gasteiger partial charge in [0.15, 0.2) is 0 Å². The summed E-state index contributed by atoms with van der Waals surface area (Å²) in [6.45, 7) is 0. The second-order valence-electron chi connectivity index (χ2n) is 12.2. The van der Waals surface area contributed by atoms with Gasteiger partial charge in [0.05, 0.1) is 10.9 Å². The highest BCUT2D eigenvalue weighted by Crippen LogP contribution is 2.65. The van der Waals surface area contributed by atoms with E-state index in [0.717, 1.165) is 5.52 Å². The Morgan fingerprint density at radius 1 is 0.378 bits per heavy atom. The molecule has 2 aliphatic rings. The summed E-state index contributed by atoms with van der Waals surface area (Å²) >= 11 is 0. The molecule has 0 aliphatic heterocycles. The second kappa shape index (κ2) is 9.11. The van der Waals surface area contributed by atoms with Crippen molar-refractivity contribution in [3.05, 3.63) is 186 Å². The molecular weight excluding hydrogens is 542 g/mol. The molecule has 7 aromatic carbocycles. The molecule has 0 radical (unpaired) electrons. The van der Waals surface area contributed by atoms with E-state index >= 15 is 0 Å².